The molecule has 2 amide bonds. The zero-order valence-corrected chi connectivity index (χ0v) is 30.1. The summed E-state index contributed by atoms with van der Waals surface area (Å²) >= 11 is 0. The van der Waals surface area contributed by atoms with Gasteiger partial charge in [0.25, 0.3) is 0 Å². The predicted molar refractivity (Wildman–Crippen MR) is 177 cm³/mol. The fraction of sp³-hybridized carbons (Fsp3) is 0.676. The molecule has 0 aromatic heterocycles. The van der Waals surface area contributed by atoms with E-state index in [4.69, 9.17) is 18.6 Å². The summed E-state index contributed by atoms with van der Waals surface area (Å²) in [5, 5.41) is 10.7. The highest BCUT2D eigenvalue weighted by Crippen LogP contribution is 2.40. The number of aliphatic carboxylic acids is 1. The summed E-state index contributed by atoms with van der Waals surface area (Å²) in [7, 11) is -1.78. The Morgan fingerprint density at radius 1 is 0.889 bits per heavy atom. The molecule has 2 atom stereocenters. The molecule has 2 bridgehead atoms. The van der Waals surface area contributed by atoms with Gasteiger partial charge < -0.3 is 28.6 Å². The second kappa shape index (κ2) is 13.7. The zero-order chi connectivity index (χ0) is 34.0. The molecular weight excluding hydrogens is 592 g/mol. The number of nitrogens with zero attached hydrogens (tertiary/aromatic N) is 2. The van der Waals surface area contributed by atoms with Gasteiger partial charge in [0, 0.05) is 19.7 Å². The number of hydrogen-bond donors (Lipinski definition) is 1. The molecule has 0 radical (unpaired) electrons. The van der Waals surface area contributed by atoms with Crippen LogP contribution in [0.3, 0.4) is 0 Å². The van der Waals surface area contributed by atoms with E-state index < -0.39 is 49.8 Å². The molecule has 10 nitrogen and oxygen atoms in total. The first-order valence-corrected chi connectivity index (χ1v) is 18.8. The van der Waals surface area contributed by atoms with Crippen molar-refractivity contribution in [2.75, 3.05) is 26.3 Å². The molecule has 1 aromatic rings. The lowest BCUT2D eigenvalue weighted by molar-refractivity contribution is -0.134. The molecule has 2 unspecified atom stereocenters. The molecule has 1 aromatic carbocycles. The molecule has 0 spiro atoms. The van der Waals surface area contributed by atoms with Crippen LogP contribution in [-0.2, 0) is 18.7 Å². The molecule has 1 fully saturated rings. The number of benzene rings is 1. The number of carbonyl (C=O) groups is 3. The molecule has 2 heterocycles. The topological polar surface area (TPSA) is 115 Å². The van der Waals surface area contributed by atoms with E-state index in [1.165, 1.54) is 9.80 Å². The molecule has 2 aliphatic rings. The minimum Gasteiger partial charge on any atom is -0.494 e. The third-order valence-corrected chi connectivity index (χ3v) is 12.9. The van der Waals surface area contributed by atoms with Crippen molar-refractivity contribution in [2.45, 2.75) is 123 Å². The first-order valence-electron chi connectivity index (χ1n) is 15.9. The Morgan fingerprint density at radius 2 is 1.49 bits per heavy atom. The minimum atomic E-state index is -1.78. The molecule has 0 aliphatic carbocycles. The maximum atomic E-state index is 13.4. The Hall–Kier alpha value is -3.05. The van der Waals surface area contributed by atoms with Crippen molar-refractivity contribution in [3.05, 3.63) is 35.4 Å². The quantitative estimate of drug-likeness (QED) is 0.219. The number of amides is 2. The molecule has 45 heavy (non-hydrogen) atoms. The van der Waals surface area contributed by atoms with Crippen molar-refractivity contribution in [2.24, 2.45) is 0 Å². The standard InChI is InChI=1S/C34H54N2O8Si/c1-32(2,3)43-30(39)35-21-24-20-26(28(29(37)38)27(22-35)36(24)31(40)44-33(4,5)6)23-15-14-16-25(19-23)41-17-12-13-18-42-45(10,11)34(7,8)9/h14-16,19,24,27H,12-13,17-18,20-22H2,1-11H3,(H,37,38). The summed E-state index contributed by atoms with van der Waals surface area (Å²) in [6.07, 6.45) is 0.800. The van der Waals surface area contributed by atoms with Crippen LogP contribution in [0.2, 0.25) is 18.1 Å². The number of carbonyl (C=O) groups excluding carboxylic acids is 2. The zero-order valence-electron chi connectivity index (χ0n) is 29.1. The Bertz CT molecular complexity index is 1270. The summed E-state index contributed by atoms with van der Waals surface area (Å²) in [4.78, 5) is 42.3. The van der Waals surface area contributed by atoms with E-state index in [2.05, 4.69) is 33.9 Å². The van der Waals surface area contributed by atoms with Gasteiger partial charge in [-0.15, -0.1) is 0 Å². The Morgan fingerprint density at radius 3 is 2.07 bits per heavy atom. The Labute approximate surface area is 270 Å². The van der Waals surface area contributed by atoms with Crippen LogP contribution in [0.15, 0.2) is 29.8 Å². The number of carboxylic acids is 1. The van der Waals surface area contributed by atoms with Gasteiger partial charge in [0.1, 0.15) is 17.0 Å². The molecule has 2 aliphatic heterocycles. The van der Waals surface area contributed by atoms with Crippen molar-refractivity contribution in [3.8, 4) is 5.75 Å². The van der Waals surface area contributed by atoms with Gasteiger partial charge in [-0.3, -0.25) is 4.90 Å². The molecule has 3 rings (SSSR count). The van der Waals surface area contributed by atoms with Crippen LogP contribution in [0.5, 0.6) is 5.75 Å². The second-order valence-corrected chi connectivity index (χ2v) is 20.3. The molecular formula is C34H54N2O8Si. The van der Waals surface area contributed by atoms with E-state index in [0.717, 1.165) is 18.4 Å². The lowest BCUT2D eigenvalue weighted by Crippen LogP contribution is -2.65. The van der Waals surface area contributed by atoms with Crippen molar-refractivity contribution in [1.82, 2.24) is 9.80 Å². The van der Waals surface area contributed by atoms with Gasteiger partial charge in [-0.25, -0.2) is 14.4 Å². The van der Waals surface area contributed by atoms with Crippen molar-refractivity contribution in [3.63, 3.8) is 0 Å². The van der Waals surface area contributed by atoms with Crippen molar-refractivity contribution in [1.29, 1.82) is 0 Å². The third-order valence-electron chi connectivity index (χ3n) is 8.40. The Balaban J connectivity index is 1.83. The normalized spacial score (nSPS) is 19.4. The van der Waals surface area contributed by atoms with Crippen LogP contribution in [0.4, 0.5) is 9.59 Å². The molecule has 11 heteroatoms. The number of rotatable bonds is 9. The van der Waals surface area contributed by atoms with E-state index >= 15 is 0 Å². The monoisotopic (exact) mass is 646 g/mol. The first kappa shape index (κ1) is 36.4. The molecule has 1 N–H and O–H groups in total. The van der Waals surface area contributed by atoms with Crippen molar-refractivity contribution >= 4 is 32.0 Å². The predicted octanol–water partition coefficient (Wildman–Crippen LogP) is 7.33. The fourth-order valence-corrected chi connectivity index (χ4v) is 6.32. The lowest BCUT2D eigenvalue weighted by atomic mass is 9.82. The van der Waals surface area contributed by atoms with Gasteiger partial charge >= 0.3 is 18.2 Å². The van der Waals surface area contributed by atoms with Gasteiger partial charge in [-0.1, -0.05) is 32.9 Å². The summed E-state index contributed by atoms with van der Waals surface area (Å²) in [5.41, 5.74) is -0.0921. The van der Waals surface area contributed by atoms with E-state index in [-0.39, 0.29) is 30.1 Å². The van der Waals surface area contributed by atoms with Gasteiger partial charge in [0.15, 0.2) is 8.32 Å². The number of unbranched alkanes of at least 4 members (excludes halogenated alkanes) is 1. The minimum absolute atomic E-state index is 0.0249. The van der Waals surface area contributed by atoms with E-state index in [9.17, 15) is 19.5 Å². The van der Waals surface area contributed by atoms with E-state index in [1.807, 2.05) is 24.3 Å². The van der Waals surface area contributed by atoms with Gasteiger partial charge in [0.2, 0.25) is 0 Å². The smallest absolute Gasteiger partial charge is 0.411 e. The third kappa shape index (κ3) is 9.72. The highest BCUT2D eigenvalue weighted by Gasteiger charge is 2.49. The van der Waals surface area contributed by atoms with Crippen LogP contribution in [-0.4, -0.2) is 91.0 Å². The van der Waals surface area contributed by atoms with E-state index in [1.54, 1.807) is 41.5 Å². The van der Waals surface area contributed by atoms with Crippen LogP contribution in [0.25, 0.3) is 5.57 Å². The number of carboxylic acid groups (broad SMARTS) is 1. The summed E-state index contributed by atoms with van der Waals surface area (Å²) < 4.78 is 23.6. The summed E-state index contributed by atoms with van der Waals surface area (Å²) in [6.45, 7) is 23.2. The first-order chi connectivity index (χ1) is 20.6. The van der Waals surface area contributed by atoms with Gasteiger partial charge in [-0.2, -0.15) is 0 Å². The van der Waals surface area contributed by atoms with Crippen LogP contribution < -0.4 is 4.74 Å². The number of fused-ring (bicyclic) bond motifs is 2. The Kier molecular flexibility index (Phi) is 11.1. The SMILES string of the molecule is CC(C)(C)OC(=O)N1CC2CC(c3cccc(OCCCCO[Si](C)(C)C(C)(C)C)c3)=C(C(=O)O)C(C1)N2C(=O)OC(C)(C)C. The largest absolute Gasteiger partial charge is 0.494 e. The van der Waals surface area contributed by atoms with Crippen molar-refractivity contribution < 1.29 is 38.1 Å². The van der Waals surface area contributed by atoms with Crippen LogP contribution in [0.1, 0.15) is 87.1 Å². The maximum Gasteiger partial charge on any atom is 0.411 e. The molecule has 0 saturated carbocycles. The van der Waals surface area contributed by atoms with Gasteiger partial charge in [-0.05, 0) is 102 Å². The van der Waals surface area contributed by atoms with Crippen LogP contribution in [0, 0.1) is 0 Å². The molecule has 1 saturated heterocycles. The highest BCUT2D eigenvalue weighted by atomic mass is 28.4. The fourth-order valence-electron chi connectivity index (χ4n) is 5.23. The number of piperazine rings is 1. The molecule has 252 valence electrons. The summed E-state index contributed by atoms with van der Waals surface area (Å²) in [5.74, 6) is -0.508. The average Bonchev–Trinajstić information content (AvgIpc) is 2.86. The lowest BCUT2D eigenvalue weighted by Gasteiger charge is -2.50. The second-order valence-electron chi connectivity index (χ2n) is 15.5. The van der Waals surface area contributed by atoms with E-state index in [0.29, 0.717) is 24.5 Å². The highest BCUT2D eigenvalue weighted by molar-refractivity contribution is 6.74. The number of ether oxygens (including phenoxy) is 3. The summed E-state index contributed by atoms with van der Waals surface area (Å²) in [6, 6.07) is 6.00. The number of hydrogen-bond acceptors (Lipinski definition) is 7. The maximum absolute atomic E-state index is 13.4. The average molecular weight is 647 g/mol. The van der Waals surface area contributed by atoms with Gasteiger partial charge in [0.05, 0.1) is 24.3 Å². The van der Waals surface area contributed by atoms with Crippen LogP contribution >= 0.6 is 0 Å².